The number of nitrogens with one attached hydrogen (secondary N) is 1. The molecule has 0 aromatic heterocycles. The van der Waals surface area contributed by atoms with Gasteiger partial charge in [0.2, 0.25) is 11.8 Å². The van der Waals surface area contributed by atoms with Gasteiger partial charge in [-0.3, -0.25) is 13.9 Å². The van der Waals surface area contributed by atoms with Crippen molar-refractivity contribution in [3.05, 3.63) is 129 Å². The van der Waals surface area contributed by atoms with Crippen LogP contribution < -0.4 is 9.62 Å². The van der Waals surface area contributed by atoms with E-state index in [1.165, 1.54) is 36.2 Å². The standard InChI is InChI=1S/C31H28Cl3N3O4S/c1-35-31(39)28(19-22-10-4-2-5-11-22)36(20-23-12-8-13-24(32)18-23)29(38)21-37(27-17-9-16-26(33)30(27)34)42(40,41)25-14-6-3-7-15-25/h2-18,28H,19-21H2,1H3,(H,35,39)/t28-/m1/s1. The van der Waals surface area contributed by atoms with E-state index in [1.807, 2.05) is 30.3 Å². The Bertz CT molecular complexity index is 1650. The molecule has 42 heavy (non-hydrogen) atoms. The second kappa shape index (κ2) is 14.1. The number of sulfonamides is 1. The Kier molecular flexibility index (Phi) is 10.5. The lowest BCUT2D eigenvalue weighted by molar-refractivity contribution is -0.139. The maximum atomic E-state index is 14.3. The third-order valence-electron chi connectivity index (χ3n) is 6.57. The Morgan fingerprint density at radius 1 is 0.810 bits per heavy atom. The number of anilines is 1. The Balaban J connectivity index is 1.81. The first kappa shape index (κ1) is 31.4. The molecule has 218 valence electrons. The van der Waals surface area contributed by atoms with Gasteiger partial charge in [0.25, 0.3) is 10.0 Å². The highest BCUT2D eigenvalue weighted by atomic mass is 35.5. The molecule has 0 saturated heterocycles. The van der Waals surface area contributed by atoms with Gasteiger partial charge in [0.1, 0.15) is 12.6 Å². The smallest absolute Gasteiger partial charge is 0.264 e. The molecule has 4 aromatic rings. The zero-order valence-corrected chi connectivity index (χ0v) is 25.7. The summed E-state index contributed by atoms with van der Waals surface area (Å²) in [6.07, 6.45) is 0.191. The van der Waals surface area contributed by atoms with E-state index in [2.05, 4.69) is 5.32 Å². The zero-order valence-electron chi connectivity index (χ0n) is 22.6. The molecule has 0 heterocycles. The highest BCUT2D eigenvalue weighted by Crippen LogP contribution is 2.35. The second-order valence-corrected chi connectivity index (χ2v) is 12.5. The Morgan fingerprint density at radius 2 is 1.43 bits per heavy atom. The van der Waals surface area contributed by atoms with Gasteiger partial charge in [0, 0.05) is 25.0 Å². The number of amides is 2. The van der Waals surface area contributed by atoms with Crippen molar-refractivity contribution in [3.8, 4) is 0 Å². The highest BCUT2D eigenvalue weighted by Gasteiger charge is 2.35. The van der Waals surface area contributed by atoms with Gasteiger partial charge < -0.3 is 10.2 Å². The first-order chi connectivity index (χ1) is 20.1. The summed E-state index contributed by atoms with van der Waals surface area (Å²) < 4.78 is 28.9. The molecule has 2 amide bonds. The summed E-state index contributed by atoms with van der Waals surface area (Å²) in [4.78, 5) is 28.9. The topological polar surface area (TPSA) is 86.8 Å². The molecular formula is C31H28Cl3N3O4S. The maximum Gasteiger partial charge on any atom is 0.264 e. The average molecular weight is 645 g/mol. The summed E-state index contributed by atoms with van der Waals surface area (Å²) in [5, 5.41) is 3.20. The summed E-state index contributed by atoms with van der Waals surface area (Å²) in [7, 11) is -2.80. The molecule has 0 unspecified atom stereocenters. The molecule has 4 rings (SSSR count). The van der Waals surface area contributed by atoms with Crippen LogP contribution in [0.15, 0.2) is 108 Å². The van der Waals surface area contributed by atoms with Crippen LogP contribution in [0.25, 0.3) is 0 Å². The summed E-state index contributed by atoms with van der Waals surface area (Å²) >= 11 is 19.0. The van der Waals surface area contributed by atoms with Crippen molar-refractivity contribution in [1.29, 1.82) is 0 Å². The van der Waals surface area contributed by atoms with Crippen molar-refractivity contribution in [1.82, 2.24) is 10.2 Å². The van der Waals surface area contributed by atoms with Gasteiger partial charge in [0.05, 0.1) is 20.6 Å². The van der Waals surface area contributed by atoms with Gasteiger partial charge >= 0.3 is 0 Å². The molecule has 0 fully saturated rings. The van der Waals surface area contributed by atoms with Gasteiger partial charge in [-0.05, 0) is 47.5 Å². The van der Waals surface area contributed by atoms with Gasteiger partial charge in [-0.25, -0.2) is 8.42 Å². The van der Waals surface area contributed by atoms with Gasteiger partial charge in [0.15, 0.2) is 0 Å². The van der Waals surface area contributed by atoms with Crippen LogP contribution in [-0.4, -0.2) is 44.8 Å². The van der Waals surface area contributed by atoms with E-state index in [4.69, 9.17) is 34.8 Å². The zero-order chi connectivity index (χ0) is 30.3. The molecule has 0 aliphatic carbocycles. The van der Waals surface area contributed by atoms with Crippen molar-refractivity contribution >= 4 is 62.3 Å². The van der Waals surface area contributed by atoms with Crippen LogP contribution in [0.5, 0.6) is 0 Å². The van der Waals surface area contributed by atoms with Crippen LogP contribution in [0.3, 0.4) is 0 Å². The molecule has 0 radical (unpaired) electrons. The summed E-state index contributed by atoms with van der Waals surface area (Å²) in [5.41, 5.74) is 1.52. The molecule has 0 aliphatic rings. The lowest BCUT2D eigenvalue weighted by Crippen LogP contribution is -2.53. The number of carbonyl (C=O) groups is 2. The van der Waals surface area contributed by atoms with E-state index in [0.29, 0.717) is 10.6 Å². The van der Waals surface area contributed by atoms with Crippen LogP contribution in [0, 0.1) is 0 Å². The summed E-state index contributed by atoms with van der Waals surface area (Å²) in [5.74, 6) is -1.04. The minimum absolute atomic E-state index is 0.00713. The van der Waals surface area contributed by atoms with Crippen molar-refractivity contribution < 1.29 is 18.0 Å². The Labute approximate surface area is 260 Å². The fourth-order valence-corrected chi connectivity index (χ4v) is 6.58. The highest BCUT2D eigenvalue weighted by molar-refractivity contribution is 7.92. The number of nitrogens with zero attached hydrogens (tertiary/aromatic N) is 2. The lowest BCUT2D eigenvalue weighted by atomic mass is 10.0. The van der Waals surface area contributed by atoms with E-state index in [-0.39, 0.29) is 33.6 Å². The normalized spacial score (nSPS) is 11.9. The van der Waals surface area contributed by atoms with Gasteiger partial charge in [-0.2, -0.15) is 0 Å². The van der Waals surface area contributed by atoms with Crippen LogP contribution in [0.1, 0.15) is 11.1 Å². The van der Waals surface area contributed by atoms with Gasteiger partial charge in [-0.1, -0.05) is 102 Å². The maximum absolute atomic E-state index is 14.3. The predicted molar refractivity (Wildman–Crippen MR) is 167 cm³/mol. The molecule has 1 atom stereocenters. The van der Waals surface area contributed by atoms with E-state index in [1.54, 1.807) is 48.5 Å². The van der Waals surface area contributed by atoms with Crippen molar-refractivity contribution in [2.75, 3.05) is 17.9 Å². The van der Waals surface area contributed by atoms with E-state index in [9.17, 15) is 18.0 Å². The molecule has 0 bridgehead atoms. The molecule has 1 N–H and O–H groups in total. The summed E-state index contributed by atoms with van der Waals surface area (Å²) in [6, 6.07) is 27.5. The minimum atomic E-state index is -4.29. The number of hydrogen-bond acceptors (Lipinski definition) is 4. The Morgan fingerprint density at radius 3 is 2.07 bits per heavy atom. The van der Waals surface area contributed by atoms with Crippen LogP contribution in [0.4, 0.5) is 5.69 Å². The largest absolute Gasteiger partial charge is 0.357 e. The van der Waals surface area contributed by atoms with E-state index < -0.39 is 34.4 Å². The molecule has 0 spiro atoms. The SMILES string of the molecule is CNC(=O)[C@@H](Cc1ccccc1)N(Cc1cccc(Cl)c1)C(=O)CN(c1cccc(Cl)c1Cl)S(=O)(=O)c1ccccc1. The molecule has 0 aliphatic heterocycles. The van der Waals surface area contributed by atoms with E-state index in [0.717, 1.165) is 9.87 Å². The number of likely N-dealkylation sites (N-methyl/N-ethyl adjacent to an activating group) is 1. The minimum Gasteiger partial charge on any atom is -0.357 e. The third kappa shape index (κ3) is 7.44. The number of halogens is 3. The van der Waals surface area contributed by atoms with Crippen molar-refractivity contribution in [2.24, 2.45) is 0 Å². The Hall–Kier alpha value is -3.56. The van der Waals surface area contributed by atoms with Crippen LogP contribution in [0.2, 0.25) is 15.1 Å². The van der Waals surface area contributed by atoms with Crippen LogP contribution in [-0.2, 0) is 32.6 Å². The first-order valence-electron chi connectivity index (χ1n) is 12.9. The molecule has 11 heteroatoms. The monoisotopic (exact) mass is 643 g/mol. The first-order valence-corrected chi connectivity index (χ1v) is 15.5. The van der Waals surface area contributed by atoms with Crippen molar-refractivity contribution in [3.63, 3.8) is 0 Å². The molecule has 7 nitrogen and oxygen atoms in total. The van der Waals surface area contributed by atoms with Gasteiger partial charge in [-0.15, -0.1) is 0 Å². The number of benzene rings is 4. The predicted octanol–water partition coefficient (Wildman–Crippen LogP) is 6.23. The molecule has 4 aromatic carbocycles. The third-order valence-corrected chi connectivity index (χ3v) is 9.39. The number of rotatable bonds is 11. The second-order valence-electron chi connectivity index (χ2n) is 9.37. The quantitative estimate of drug-likeness (QED) is 0.210. The fourth-order valence-electron chi connectivity index (χ4n) is 4.47. The van der Waals surface area contributed by atoms with Crippen LogP contribution >= 0.6 is 34.8 Å². The average Bonchev–Trinajstić information content (AvgIpc) is 2.99. The number of carbonyl (C=O) groups excluding carboxylic acids is 2. The van der Waals surface area contributed by atoms with Crippen molar-refractivity contribution in [2.45, 2.75) is 23.9 Å². The van der Waals surface area contributed by atoms with E-state index >= 15 is 0 Å². The fraction of sp³-hybridized carbons (Fsp3) is 0.161. The molecular weight excluding hydrogens is 617 g/mol. The summed E-state index contributed by atoms with van der Waals surface area (Å²) in [6.45, 7) is -0.660. The molecule has 0 saturated carbocycles. The number of hydrogen-bond donors (Lipinski definition) is 1. The lowest BCUT2D eigenvalue weighted by Gasteiger charge is -2.33.